The number of hydrogen-bond donors (Lipinski definition) is 1. The van der Waals surface area contributed by atoms with E-state index in [0.29, 0.717) is 10.6 Å². The van der Waals surface area contributed by atoms with Crippen LogP contribution in [0.15, 0.2) is 17.0 Å². The molecule has 24 heavy (non-hydrogen) atoms. The number of aliphatic hydroxyl groups is 1. The number of rotatable bonds is 5. The van der Waals surface area contributed by atoms with Crippen LogP contribution in [0.25, 0.3) is 0 Å². The van der Waals surface area contributed by atoms with E-state index in [-0.39, 0.29) is 24.1 Å². The summed E-state index contributed by atoms with van der Waals surface area (Å²) in [5, 5.41) is 9.92. The first-order chi connectivity index (χ1) is 11.3. The molecule has 2 fully saturated rings. The largest absolute Gasteiger partial charge is 0.496 e. The highest BCUT2D eigenvalue weighted by Gasteiger charge is 2.58. The van der Waals surface area contributed by atoms with E-state index in [2.05, 4.69) is 0 Å². The molecule has 3 rings (SSSR count). The van der Waals surface area contributed by atoms with Crippen LogP contribution in [0.4, 0.5) is 0 Å². The van der Waals surface area contributed by atoms with Gasteiger partial charge >= 0.3 is 0 Å². The Morgan fingerprint density at radius 2 is 2.00 bits per heavy atom. The Labute approximate surface area is 144 Å². The summed E-state index contributed by atoms with van der Waals surface area (Å²) in [5.41, 5.74) is 1.38. The van der Waals surface area contributed by atoms with Crippen molar-refractivity contribution < 1.29 is 18.3 Å². The van der Waals surface area contributed by atoms with Gasteiger partial charge in [-0.3, -0.25) is 0 Å². The molecule has 0 amide bonds. The van der Waals surface area contributed by atoms with Crippen LogP contribution in [0.3, 0.4) is 0 Å². The van der Waals surface area contributed by atoms with Crippen LogP contribution in [0.2, 0.25) is 0 Å². The highest BCUT2D eigenvalue weighted by molar-refractivity contribution is 7.89. The van der Waals surface area contributed by atoms with Gasteiger partial charge < -0.3 is 9.84 Å². The number of benzene rings is 1. The molecule has 1 aromatic rings. The van der Waals surface area contributed by atoms with Crippen LogP contribution in [-0.2, 0) is 10.0 Å². The van der Waals surface area contributed by atoms with Gasteiger partial charge in [0.15, 0.2) is 0 Å². The molecule has 1 N–H and O–H groups in total. The monoisotopic (exact) mass is 353 g/mol. The second kappa shape index (κ2) is 6.00. The Balaban J connectivity index is 2.07. The molecule has 0 spiro atoms. The fourth-order valence-corrected chi connectivity index (χ4v) is 6.87. The van der Waals surface area contributed by atoms with Crippen molar-refractivity contribution in [3.8, 4) is 5.75 Å². The highest BCUT2D eigenvalue weighted by atomic mass is 32.2. The van der Waals surface area contributed by atoms with Crippen LogP contribution in [-0.4, -0.2) is 43.6 Å². The minimum Gasteiger partial charge on any atom is -0.496 e. The molecule has 134 valence electrons. The molecule has 0 aliphatic carbocycles. The van der Waals surface area contributed by atoms with Gasteiger partial charge in [0.25, 0.3) is 0 Å². The van der Waals surface area contributed by atoms with Gasteiger partial charge in [0.1, 0.15) is 5.75 Å². The fourth-order valence-electron chi connectivity index (χ4n) is 4.68. The molecule has 3 atom stereocenters. The lowest BCUT2D eigenvalue weighted by Gasteiger charge is -2.34. The van der Waals surface area contributed by atoms with Gasteiger partial charge in [0.2, 0.25) is 10.0 Å². The standard InChI is InChI=1S/C18H27NO4S/c1-5-18(11-20)10-14-6-7-17(18)19(14)24(21,22)16-9-15(23-4)12(2)8-13(16)3/h8-9,14,17,20H,5-7,10-11H2,1-4H3/t14-,17+,18-/m0/s1. The van der Waals surface area contributed by atoms with Gasteiger partial charge in [0.05, 0.1) is 18.6 Å². The van der Waals surface area contributed by atoms with Crippen LogP contribution in [0, 0.1) is 19.3 Å². The van der Waals surface area contributed by atoms with Gasteiger partial charge in [-0.25, -0.2) is 8.42 Å². The maximum absolute atomic E-state index is 13.4. The topological polar surface area (TPSA) is 66.8 Å². The third-order valence-electron chi connectivity index (χ3n) is 6.06. The number of sulfonamides is 1. The average molecular weight is 353 g/mol. The summed E-state index contributed by atoms with van der Waals surface area (Å²) in [7, 11) is -2.05. The third-order valence-corrected chi connectivity index (χ3v) is 8.16. The van der Waals surface area contributed by atoms with E-state index in [1.54, 1.807) is 17.5 Å². The number of nitrogens with zero attached hydrogens (tertiary/aromatic N) is 1. The van der Waals surface area contributed by atoms with Gasteiger partial charge in [0, 0.05) is 23.6 Å². The van der Waals surface area contributed by atoms with Crippen molar-refractivity contribution in [2.45, 2.75) is 63.4 Å². The molecule has 0 saturated carbocycles. The Kier molecular flexibility index (Phi) is 4.43. The first-order valence-electron chi connectivity index (χ1n) is 8.60. The van der Waals surface area contributed by atoms with Crippen molar-refractivity contribution in [1.82, 2.24) is 4.31 Å². The molecule has 2 aliphatic rings. The first-order valence-corrected chi connectivity index (χ1v) is 10.0. The quantitative estimate of drug-likeness (QED) is 0.884. The van der Waals surface area contributed by atoms with E-state index < -0.39 is 10.0 Å². The SMILES string of the molecule is CC[C@@]1(CO)C[C@@H]2CC[C@H]1N2S(=O)(=O)c1cc(OC)c(C)cc1C. The minimum absolute atomic E-state index is 0.00111. The van der Waals surface area contributed by atoms with Gasteiger partial charge in [-0.2, -0.15) is 4.31 Å². The van der Waals surface area contributed by atoms with E-state index in [9.17, 15) is 13.5 Å². The Morgan fingerprint density at radius 3 is 2.54 bits per heavy atom. The number of aliphatic hydroxyl groups excluding tert-OH is 1. The van der Waals surface area contributed by atoms with E-state index in [4.69, 9.17) is 4.74 Å². The van der Waals surface area contributed by atoms with Crippen LogP contribution < -0.4 is 4.74 Å². The van der Waals surface area contributed by atoms with Crippen molar-refractivity contribution in [1.29, 1.82) is 0 Å². The molecule has 0 unspecified atom stereocenters. The lowest BCUT2D eigenvalue weighted by atomic mass is 9.72. The number of methoxy groups -OCH3 is 1. The zero-order valence-corrected chi connectivity index (χ0v) is 15.7. The Bertz CT molecular complexity index is 740. The molecule has 2 saturated heterocycles. The van der Waals surface area contributed by atoms with E-state index >= 15 is 0 Å². The predicted molar refractivity (Wildman–Crippen MR) is 92.7 cm³/mol. The molecule has 1 aromatic carbocycles. The minimum atomic E-state index is -3.60. The molecule has 6 heteroatoms. The summed E-state index contributed by atoms with van der Waals surface area (Å²) in [5.74, 6) is 0.592. The van der Waals surface area contributed by atoms with E-state index in [1.165, 1.54) is 0 Å². The molecular weight excluding hydrogens is 326 g/mol. The maximum atomic E-state index is 13.4. The fraction of sp³-hybridized carbons (Fsp3) is 0.667. The maximum Gasteiger partial charge on any atom is 0.243 e. The molecule has 0 aromatic heterocycles. The van der Waals surface area contributed by atoms with Gasteiger partial charge in [-0.15, -0.1) is 0 Å². The van der Waals surface area contributed by atoms with E-state index in [0.717, 1.165) is 36.8 Å². The zero-order valence-electron chi connectivity index (χ0n) is 14.9. The Morgan fingerprint density at radius 1 is 1.29 bits per heavy atom. The van der Waals surface area contributed by atoms with Crippen molar-refractivity contribution >= 4 is 10.0 Å². The van der Waals surface area contributed by atoms with Crippen molar-refractivity contribution in [2.24, 2.45) is 5.41 Å². The lowest BCUT2D eigenvalue weighted by Crippen LogP contribution is -2.42. The number of ether oxygens (including phenoxy) is 1. The van der Waals surface area contributed by atoms with Crippen LogP contribution in [0.5, 0.6) is 5.75 Å². The third kappa shape index (κ3) is 2.38. The molecule has 5 nitrogen and oxygen atoms in total. The van der Waals surface area contributed by atoms with Crippen molar-refractivity contribution in [2.75, 3.05) is 13.7 Å². The van der Waals surface area contributed by atoms with E-state index in [1.807, 2.05) is 26.8 Å². The summed E-state index contributed by atoms with van der Waals surface area (Å²) >= 11 is 0. The zero-order chi connectivity index (χ0) is 17.7. The summed E-state index contributed by atoms with van der Waals surface area (Å²) < 4.78 is 33.8. The summed E-state index contributed by atoms with van der Waals surface area (Å²) in [6.07, 6.45) is 3.27. The van der Waals surface area contributed by atoms with Crippen LogP contribution in [0.1, 0.15) is 43.7 Å². The number of aryl methyl sites for hydroxylation is 2. The number of fused-ring (bicyclic) bond motifs is 2. The summed E-state index contributed by atoms with van der Waals surface area (Å²) in [4.78, 5) is 0.326. The molecule has 2 aliphatic heterocycles. The average Bonchev–Trinajstić information content (AvgIpc) is 3.11. The van der Waals surface area contributed by atoms with Crippen molar-refractivity contribution in [3.63, 3.8) is 0 Å². The van der Waals surface area contributed by atoms with Crippen molar-refractivity contribution in [3.05, 3.63) is 23.3 Å². The predicted octanol–water partition coefficient (Wildman–Crippen LogP) is 2.63. The highest BCUT2D eigenvalue weighted by Crippen LogP contribution is 2.53. The van der Waals surface area contributed by atoms with Crippen LogP contribution >= 0.6 is 0 Å². The second-order valence-electron chi connectivity index (χ2n) is 7.25. The smallest absolute Gasteiger partial charge is 0.243 e. The summed E-state index contributed by atoms with van der Waals surface area (Å²) in [6.45, 7) is 5.83. The molecule has 2 heterocycles. The molecule has 2 bridgehead atoms. The number of hydrogen-bond acceptors (Lipinski definition) is 4. The molecule has 0 radical (unpaired) electrons. The summed E-state index contributed by atoms with van der Waals surface area (Å²) in [6, 6.07) is 3.40. The lowest BCUT2D eigenvalue weighted by molar-refractivity contribution is 0.0849. The second-order valence-corrected chi connectivity index (χ2v) is 9.06. The van der Waals surface area contributed by atoms with Gasteiger partial charge in [-0.1, -0.05) is 13.0 Å². The normalized spacial score (nSPS) is 30.0. The Hall–Kier alpha value is -1.11. The first kappa shape index (κ1) is 17.7. The van der Waals surface area contributed by atoms with Gasteiger partial charge in [-0.05, 0) is 50.7 Å². The molecular formula is C18H27NO4S.